The van der Waals surface area contributed by atoms with E-state index in [4.69, 9.17) is 4.74 Å². The Morgan fingerprint density at radius 2 is 2.09 bits per heavy atom. The van der Waals surface area contributed by atoms with Crippen molar-refractivity contribution in [1.29, 1.82) is 0 Å². The van der Waals surface area contributed by atoms with Crippen molar-refractivity contribution in [3.05, 3.63) is 0 Å². The molecule has 0 aliphatic carbocycles. The quantitative estimate of drug-likeness (QED) is 0.519. The van der Waals surface area contributed by atoms with Crippen LogP contribution in [0.1, 0.15) is 13.8 Å². The largest absolute Gasteiger partial charge is 0.374 e. The summed E-state index contributed by atoms with van der Waals surface area (Å²) in [5, 5.41) is 6.67. The second kappa shape index (κ2) is 4.70. The summed E-state index contributed by atoms with van der Waals surface area (Å²) in [5.41, 5.74) is 0. The van der Waals surface area contributed by atoms with Crippen LogP contribution in [0.4, 0.5) is 0 Å². The summed E-state index contributed by atoms with van der Waals surface area (Å²) in [6, 6.07) is 0.582. The molecule has 2 rings (SSSR count). The van der Waals surface area contributed by atoms with Crippen LogP contribution in [0.15, 0.2) is 0 Å². The van der Waals surface area contributed by atoms with Crippen LogP contribution in [0.25, 0.3) is 0 Å². The maximum atomic E-state index is 5.48. The van der Waals surface area contributed by atoms with Crippen LogP contribution < -0.4 is 10.6 Å². The fraction of sp³-hybridized carbons (Fsp3) is 1.00. The van der Waals surface area contributed by atoms with E-state index in [0.717, 1.165) is 26.2 Å². The predicted molar refractivity (Wildman–Crippen MR) is 45.7 cm³/mol. The third-order valence-corrected chi connectivity index (χ3v) is 2.00. The van der Waals surface area contributed by atoms with Gasteiger partial charge in [-0.25, -0.2) is 0 Å². The lowest BCUT2D eigenvalue weighted by atomic mass is 10.2. The minimum atomic E-state index is 0.443. The molecule has 2 saturated heterocycles. The van der Waals surface area contributed by atoms with E-state index in [1.165, 1.54) is 0 Å². The summed E-state index contributed by atoms with van der Waals surface area (Å²) >= 11 is 0. The van der Waals surface area contributed by atoms with Crippen LogP contribution in [0.5, 0.6) is 0 Å². The van der Waals surface area contributed by atoms with Crippen LogP contribution >= 0.6 is 0 Å². The molecule has 2 heterocycles. The van der Waals surface area contributed by atoms with Crippen molar-refractivity contribution in [2.75, 3.05) is 26.2 Å². The van der Waals surface area contributed by atoms with Gasteiger partial charge in [0.1, 0.15) is 0 Å². The molecule has 0 aromatic heterocycles. The zero-order chi connectivity index (χ0) is 8.10. The molecular weight excluding hydrogens is 140 g/mol. The zero-order valence-electron chi connectivity index (χ0n) is 7.39. The highest BCUT2D eigenvalue weighted by atomic mass is 16.5. The first kappa shape index (κ1) is 8.97. The van der Waals surface area contributed by atoms with E-state index in [0.29, 0.717) is 12.1 Å². The van der Waals surface area contributed by atoms with Crippen molar-refractivity contribution in [2.24, 2.45) is 0 Å². The van der Waals surface area contributed by atoms with Gasteiger partial charge in [0.05, 0.1) is 12.7 Å². The molecule has 2 fully saturated rings. The third kappa shape index (κ3) is 2.15. The summed E-state index contributed by atoms with van der Waals surface area (Å²) in [6.07, 6.45) is 0.443. The molecule has 2 aliphatic rings. The smallest absolute Gasteiger partial charge is 0.0865 e. The molecule has 0 radical (unpaired) electrons. The molecule has 0 aromatic carbocycles. The van der Waals surface area contributed by atoms with E-state index in [1.807, 2.05) is 13.8 Å². The molecule has 2 N–H and O–H groups in total. The fourth-order valence-corrected chi connectivity index (χ4v) is 1.49. The highest BCUT2D eigenvalue weighted by Gasteiger charge is 2.29. The van der Waals surface area contributed by atoms with Crippen molar-refractivity contribution in [3.8, 4) is 0 Å². The Hall–Kier alpha value is -0.120. The molecule has 0 bridgehead atoms. The van der Waals surface area contributed by atoms with Gasteiger partial charge in [-0.1, -0.05) is 13.8 Å². The molecule has 0 aromatic rings. The number of rotatable bonds is 0. The summed E-state index contributed by atoms with van der Waals surface area (Å²) in [7, 11) is 0. The summed E-state index contributed by atoms with van der Waals surface area (Å²) in [6.45, 7) is 7.99. The Balaban J connectivity index is 0.000000281. The standard InChI is InChI=1S/C6H12N2O.C2H6/c1-2-9-6-4-7-3-5(6)8-1;1-2/h5-8H,1-4H2;1-2H3. The van der Waals surface area contributed by atoms with Gasteiger partial charge in [-0.2, -0.15) is 0 Å². The second-order valence-corrected chi connectivity index (χ2v) is 2.63. The number of hydrogen-bond acceptors (Lipinski definition) is 3. The minimum Gasteiger partial charge on any atom is -0.374 e. The van der Waals surface area contributed by atoms with Crippen molar-refractivity contribution < 1.29 is 4.74 Å². The van der Waals surface area contributed by atoms with Crippen LogP contribution in [0.3, 0.4) is 0 Å². The Bertz CT molecular complexity index is 96.3. The normalized spacial score (nSPS) is 35.5. The first-order chi connectivity index (χ1) is 5.47. The van der Waals surface area contributed by atoms with Gasteiger partial charge in [0.25, 0.3) is 0 Å². The molecule has 0 spiro atoms. The monoisotopic (exact) mass is 158 g/mol. The van der Waals surface area contributed by atoms with Crippen molar-refractivity contribution in [2.45, 2.75) is 26.0 Å². The summed E-state index contributed by atoms with van der Waals surface area (Å²) < 4.78 is 5.48. The predicted octanol–water partition coefficient (Wildman–Crippen LogP) is -0.0272. The van der Waals surface area contributed by atoms with Gasteiger partial charge in [-0.15, -0.1) is 0 Å². The third-order valence-electron chi connectivity index (χ3n) is 2.00. The first-order valence-electron chi connectivity index (χ1n) is 4.52. The Kier molecular flexibility index (Phi) is 3.83. The van der Waals surface area contributed by atoms with Gasteiger partial charge in [0, 0.05) is 25.7 Å². The summed E-state index contributed by atoms with van der Waals surface area (Å²) in [4.78, 5) is 0. The van der Waals surface area contributed by atoms with Crippen molar-refractivity contribution >= 4 is 0 Å². The van der Waals surface area contributed by atoms with Crippen molar-refractivity contribution in [1.82, 2.24) is 10.6 Å². The molecular formula is C8H18N2O. The number of fused-ring (bicyclic) bond motifs is 1. The zero-order valence-corrected chi connectivity index (χ0v) is 7.39. The van der Waals surface area contributed by atoms with E-state index in [2.05, 4.69) is 10.6 Å². The molecule has 3 nitrogen and oxygen atoms in total. The maximum absolute atomic E-state index is 5.48. The Labute approximate surface area is 68.5 Å². The number of ether oxygens (including phenoxy) is 1. The van der Waals surface area contributed by atoms with Crippen LogP contribution in [0.2, 0.25) is 0 Å². The Morgan fingerprint density at radius 1 is 1.27 bits per heavy atom. The van der Waals surface area contributed by atoms with E-state index in [1.54, 1.807) is 0 Å². The van der Waals surface area contributed by atoms with Gasteiger partial charge in [-0.3, -0.25) is 0 Å². The minimum absolute atomic E-state index is 0.443. The van der Waals surface area contributed by atoms with Crippen LogP contribution in [-0.2, 0) is 4.74 Å². The SMILES string of the molecule is C1COC2CNCC2N1.CC. The fourth-order valence-electron chi connectivity index (χ4n) is 1.49. The van der Waals surface area contributed by atoms with Crippen molar-refractivity contribution in [3.63, 3.8) is 0 Å². The van der Waals surface area contributed by atoms with E-state index in [-0.39, 0.29) is 0 Å². The molecule has 0 amide bonds. The average Bonchev–Trinajstić information content (AvgIpc) is 2.55. The molecule has 3 heteroatoms. The molecule has 11 heavy (non-hydrogen) atoms. The average molecular weight is 158 g/mol. The molecule has 66 valence electrons. The summed E-state index contributed by atoms with van der Waals surface area (Å²) in [5.74, 6) is 0. The van der Waals surface area contributed by atoms with Crippen LogP contribution in [0, 0.1) is 0 Å². The maximum Gasteiger partial charge on any atom is 0.0865 e. The van der Waals surface area contributed by atoms with E-state index in [9.17, 15) is 0 Å². The van der Waals surface area contributed by atoms with Gasteiger partial charge in [0.2, 0.25) is 0 Å². The van der Waals surface area contributed by atoms with Gasteiger partial charge < -0.3 is 15.4 Å². The van der Waals surface area contributed by atoms with Gasteiger partial charge in [-0.05, 0) is 0 Å². The molecule has 2 unspecified atom stereocenters. The highest BCUT2D eigenvalue weighted by molar-refractivity contribution is 4.89. The lowest BCUT2D eigenvalue weighted by Gasteiger charge is -2.25. The number of morpholine rings is 1. The first-order valence-corrected chi connectivity index (χ1v) is 4.52. The van der Waals surface area contributed by atoms with Crippen LogP contribution in [-0.4, -0.2) is 38.4 Å². The molecule has 2 atom stereocenters. The highest BCUT2D eigenvalue weighted by Crippen LogP contribution is 2.07. The van der Waals surface area contributed by atoms with E-state index >= 15 is 0 Å². The Morgan fingerprint density at radius 3 is 2.82 bits per heavy atom. The molecule has 2 aliphatic heterocycles. The lowest BCUT2D eigenvalue weighted by molar-refractivity contribution is 0.0207. The topological polar surface area (TPSA) is 33.3 Å². The number of hydrogen-bond donors (Lipinski definition) is 2. The molecule has 0 saturated carbocycles. The second-order valence-electron chi connectivity index (χ2n) is 2.63. The number of nitrogens with one attached hydrogen (secondary N) is 2. The van der Waals surface area contributed by atoms with E-state index < -0.39 is 0 Å². The lowest BCUT2D eigenvalue weighted by Crippen LogP contribution is -2.47. The van der Waals surface area contributed by atoms with Gasteiger partial charge >= 0.3 is 0 Å². The van der Waals surface area contributed by atoms with Gasteiger partial charge in [0.15, 0.2) is 0 Å².